The molecule has 4 heteroatoms. The molecule has 0 unspecified atom stereocenters. The van der Waals surface area contributed by atoms with Crippen LogP contribution >= 0.6 is 0 Å². The van der Waals surface area contributed by atoms with Crippen LogP contribution in [0.4, 0.5) is 0 Å². The van der Waals surface area contributed by atoms with Crippen molar-refractivity contribution in [3.63, 3.8) is 0 Å². The quantitative estimate of drug-likeness (QED) is 0.435. The Morgan fingerprint density at radius 3 is 2.81 bits per heavy atom. The van der Waals surface area contributed by atoms with Gasteiger partial charge < -0.3 is 9.53 Å². The lowest BCUT2D eigenvalue weighted by Gasteiger charge is -2.05. The molecule has 1 heterocycles. The van der Waals surface area contributed by atoms with Crippen LogP contribution in [0.2, 0.25) is 0 Å². The van der Waals surface area contributed by atoms with E-state index in [4.69, 9.17) is 4.74 Å². The lowest BCUT2D eigenvalue weighted by molar-refractivity contribution is -0.107. The Hall–Kier alpha value is -1.55. The van der Waals surface area contributed by atoms with E-state index in [0.717, 1.165) is 5.56 Å². The molecule has 0 aliphatic heterocycles. The highest BCUT2D eigenvalue weighted by Crippen LogP contribution is 2.11. The van der Waals surface area contributed by atoms with E-state index in [2.05, 4.69) is 4.98 Å². The maximum absolute atomic E-state index is 11.5. The summed E-state index contributed by atoms with van der Waals surface area (Å²) in [4.78, 5) is 25.8. The fourth-order valence-corrected chi connectivity index (χ4v) is 1.29. The van der Waals surface area contributed by atoms with Crippen LogP contribution in [0, 0.1) is 6.92 Å². The zero-order chi connectivity index (χ0) is 11.3. The third kappa shape index (κ3) is 3.55. The Labute approximate surface area is 95.6 Å². The molecule has 0 atom stereocenters. The van der Waals surface area contributed by atoms with Crippen molar-refractivity contribution in [2.45, 2.75) is 27.4 Å². The first-order valence-corrected chi connectivity index (χ1v) is 4.60. The molecular weight excluding hydrogens is 206 g/mol. The molecule has 0 aromatic carbocycles. The van der Waals surface area contributed by atoms with Crippen molar-refractivity contribution in [2.75, 3.05) is 7.11 Å². The molecule has 88 valence electrons. The molecule has 0 radical (unpaired) electrons. The van der Waals surface area contributed by atoms with Gasteiger partial charge in [-0.15, -0.1) is 0 Å². The van der Waals surface area contributed by atoms with Crippen molar-refractivity contribution < 1.29 is 14.3 Å². The van der Waals surface area contributed by atoms with Crippen molar-refractivity contribution in [3.8, 4) is 0 Å². The number of carbonyl (C=O) groups excluding carboxylic acids is 2. The summed E-state index contributed by atoms with van der Waals surface area (Å²) >= 11 is 0. The van der Waals surface area contributed by atoms with Crippen molar-refractivity contribution in [2.24, 2.45) is 0 Å². The molecular formula is C12H17NO3. The predicted octanol–water partition coefficient (Wildman–Crippen LogP) is 1.94. The first kappa shape index (κ1) is 14.5. The van der Waals surface area contributed by atoms with Gasteiger partial charge in [-0.1, -0.05) is 7.43 Å². The molecule has 0 saturated carbocycles. The highest BCUT2D eigenvalue weighted by Gasteiger charge is 2.10. The fourth-order valence-electron chi connectivity index (χ4n) is 1.29. The smallest absolute Gasteiger partial charge is 0.171 e. The number of aldehydes is 1. The number of hydrogen-bond acceptors (Lipinski definition) is 4. The summed E-state index contributed by atoms with van der Waals surface area (Å²) in [6.07, 6.45) is 2.17. The molecule has 4 nitrogen and oxygen atoms in total. The number of Topliss-reactive ketones (excluding diaryl/α,β-unsaturated/α-hetero) is 1. The Kier molecular flexibility index (Phi) is 6.18. The molecule has 0 amide bonds. The minimum Gasteiger partial charge on any atom is -0.380 e. The van der Waals surface area contributed by atoms with E-state index in [1.807, 2.05) is 0 Å². The van der Waals surface area contributed by atoms with Gasteiger partial charge in [0.1, 0.15) is 6.29 Å². The number of hydrogen-bond donors (Lipinski definition) is 0. The lowest BCUT2D eigenvalue weighted by Crippen LogP contribution is -2.05. The maximum Gasteiger partial charge on any atom is 0.171 e. The third-order valence-electron chi connectivity index (χ3n) is 2.02. The average molecular weight is 223 g/mol. The van der Waals surface area contributed by atoms with Crippen LogP contribution in [0.25, 0.3) is 0 Å². The van der Waals surface area contributed by atoms with Gasteiger partial charge in [0.2, 0.25) is 0 Å². The number of pyridine rings is 1. The minimum absolute atomic E-state index is 0. The Balaban J connectivity index is 0.00000225. The SMILES string of the molecule is C.COCc1cnc(C)c(C(=O)CC=O)c1. The van der Waals surface area contributed by atoms with E-state index >= 15 is 0 Å². The molecule has 0 bridgehead atoms. The van der Waals surface area contributed by atoms with Crippen LogP contribution in [0.15, 0.2) is 12.3 Å². The van der Waals surface area contributed by atoms with Gasteiger partial charge in [-0.05, 0) is 18.6 Å². The topological polar surface area (TPSA) is 56.3 Å². The highest BCUT2D eigenvalue weighted by atomic mass is 16.5. The molecule has 0 aliphatic rings. The van der Waals surface area contributed by atoms with Gasteiger partial charge in [0, 0.05) is 24.6 Å². The first-order chi connectivity index (χ1) is 7.19. The monoisotopic (exact) mass is 223 g/mol. The van der Waals surface area contributed by atoms with Crippen molar-refractivity contribution in [1.82, 2.24) is 4.98 Å². The van der Waals surface area contributed by atoms with Gasteiger partial charge in [-0.3, -0.25) is 9.78 Å². The number of nitrogens with zero attached hydrogens (tertiary/aromatic N) is 1. The van der Waals surface area contributed by atoms with Crippen LogP contribution in [0.1, 0.15) is 35.5 Å². The van der Waals surface area contributed by atoms with Gasteiger partial charge in [0.25, 0.3) is 0 Å². The van der Waals surface area contributed by atoms with E-state index in [-0.39, 0.29) is 19.6 Å². The molecule has 0 spiro atoms. The van der Waals surface area contributed by atoms with E-state index in [1.165, 1.54) is 0 Å². The van der Waals surface area contributed by atoms with E-state index in [9.17, 15) is 9.59 Å². The zero-order valence-electron chi connectivity index (χ0n) is 8.82. The van der Waals surface area contributed by atoms with E-state index in [0.29, 0.717) is 24.2 Å². The molecule has 0 aliphatic carbocycles. The van der Waals surface area contributed by atoms with Gasteiger partial charge in [-0.2, -0.15) is 0 Å². The summed E-state index contributed by atoms with van der Waals surface area (Å²) in [5, 5.41) is 0. The Bertz CT molecular complexity index is 375. The average Bonchev–Trinajstić information content (AvgIpc) is 2.21. The van der Waals surface area contributed by atoms with Crippen molar-refractivity contribution >= 4 is 12.1 Å². The van der Waals surface area contributed by atoms with Gasteiger partial charge in [-0.25, -0.2) is 0 Å². The van der Waals surface area contributed by atoms with Crippen LogP contribution in [-0.4, -0.2) is 24.2 Å². The molecule has 0 fully saturated rings. The number of rotatable bonds is 5. The number of ether oxygens (including phenoxy) is 1. The van der Waals surface area contributed by atoms with Gasteiger partial charge >= 0.3 is 0 Å². The lowest BCUT2D eigenvalue weighted by atomic mass is 10.1. The predicted molar refractivity (Wildman–Crippen MR) is 61.4 cm³/mol. The van der Waals surface area contributed by atoms with Gasteiger partial charge in [0.15, 0.2) is 5.78 Å². The van der Waals surface area contributed by atoms with Crippen molar-refractivity contribution in [3.05, 3.63) is 29.1 Å². The fraction of sp³-hybridized carbons (Fsp3) is 0.417. The summed E-state index contributed by atoms with van der Waals surface area (Å²) < 4.78 is 4.94. The number of aryl methyl sites for hydroxylation is 1. The molecule has 0 N–H and O–H groups in total. The Morgan fingerprint density at radius 1 is 1.56 bits per heavy atom. The normalized spacial score (nSPS) is 9.38. The van der Waals surface area contributed by atoms with Gasteiger partial charge in [0.05, 0.1) is 13.0 Å². The number of ketones is 1. The number of methoxy groups -OCH3 is 1. The third-order valence-corrected chi connectivity index (χ3v) is 2.02. The summed E-state index contributed by atoms with van der Waals surface area (Å²) in [6, 6.07) is 1.72. The molecule has 1 rings (SSSR count). The molecule has 1 aromatic rings. The van der Waals surface area contributed by atoms with Crippen LogP contribution in [-0.2, 0) is 16.1 Å². The number of aromatic nitrogens is 1. The minimum atomic E-state index is -0.201. The molecule has 1 aromatic heterocycles. The second kappa shape index (κ2) is 6.85. The molecule has 0 saturated heterocycles. The van der Waals surface area contributed by atoms with Crippen LogP contribution < -0.4 is 0 Å². The first-order valence-electron chi connectivity index (χ1n) is 4.60. The standard InChI is InChI=1S/C11H13NO3.CH4/c1-8-10(11(14)3-4-13)5-9(6-12-8)7-15-2;/h4-6H,3,7H2,1-2H3;1H4. The second-order valence-electron chi connectivity index (χ2n) is 3.20. The molecule has 16 heavy (non-hydrogen) atoms. The van der Waals surface area contributed by atoms with Crippen molar-refractivity contribution in [1.29, 1.82) is 0 Å². The largest absolute Gasteiger partial charge is 0.380 e. The highest BCUT2D eigenvalue weighted by molar-refractivity contribution is 6.03. The number of carbonyl (C=O) groups is 2. The summed E-state index contributed by atoms with van der Waals surface area (Å²) in [7, 11) is 1.58. The Morgan fingerprint density at radius 2 is 2.25 bits per heavy atom. The summed E-state index contributed by atoms with van der Waals surface area (Å²) in [5.74, 6) is -0.201. The summed E-state index contributed by atoms with van der Waals surface area (Å²) in [5.41, 5.74) is 1.97. The second-order valence-corrected chi connectivity index (χ2v) is 3.20. The summed E-state index contributed by atoms with van der Waals surface area (Å²) in [6.45, 7) is 2.16. The van der Waals surface area contributed by atoms with Crippen LogP contribution in [0.5, 0.6) is 0 Å². The van der Waals surface area contributed by atoms with Crippen LogP contribution in [0.3, 0.4) is 0 Å². The van der Waals surface area contributed by atoms with E-state index in [1.54, 1.807) is 26.3 Å². The zero-order valence-corrected chi connectivity index (χ0v) is 8.82. The maximum atomic E-state index is 11.5. The van der Waals surface area contributed by atoms with E-state index < -0.39 is 0 Å².